The van der Waals surface area contributed by atoms with Gasteiger partial charge in [0.05, 0.1) is 10.6 Å². The Morgan fingerprint density at radius 1 is 1.26 bits per heavy atom. The summed E-state index contributed by atoms with van der Waals surface area (Å²) in [5, 5.41) is 2.25. The fraction of sp³-hybridized carbons (Fsp3) is 0.158. The number of hydrogen-bond acceptors (Lipinski definition) is 6. The summed E-state index contributed by atoms with van der Waals surface area (Å²) < 4.78 is 0. The Kier molecular flexibility index (Phi) is 5.98. The second kappa shape index (κ2) is 8.41. The number of amides is 3. The maximum absolute atomic E-state index is 12.5. The third-order valence-electron chi connectivity index (χ3n) is 3.72. The molecule has 1 fully saturated rings. The zero-order valence-electron chi connectivity index (χ0n) is 14.8. The predicted octanol–water partition coefficient (Wildman–Crippen LogP) is 3.79. The van der Waals surface area contributed by atoms with E-state index in [0.29, 0.717) is 11.4 Å². The Labute approximate surface area is 165 Å². The number of nitrogens with one attached hydrogen (secondary N) is 1. The van der Waals surface area contributed by atoms with Crippen LogP contribution in [0, 0.1) is 6.92 Å². The molecule has 1 aliphatic rings. The number of aryl methyl sites for hydroxylation is 1. The van der Waals surface area contributed by atoms with Gasteiger partial charge >= 0.3 is 0 Å². The van der Waals surface area contributed by atoms with Gasteiger partial charge in [-0.2, -0.15) is 0 Å². The van der Waals surface area contributed by atoms with Crippen molar-refractivity contribution in [3.63, 3.8) is 0 Å². The van der Waals surface area contributed by atoms with Crippen LogP contribution in [0.15, 0.2) is 52.3 Å². The zero-order valence-corrected chi connectivity index (χ0v) is 16.4. The molecule has 1 aromatic carbocycles. The van der Waals surface area contributed by atoms with Crippen LogP contribution in [-0.2, 0) is 9.59 Å². The van der Waals surface area contributed by atoms with E-state index < -0.39 is 17.1 Å². The number of carbonyl (C=O) groups excluding carboxylic acids is 3. The highest BCUT2D eigenvalue weighted by Gasteiger charge is 2.36. The number of aromatic nitrogens is 1. The highest BCUT2D eigenvalue weighted by molar-refractivity contribution is 8.18. The molecule has 0 saturated carbocycles. The van der Waals surface area contributed by atoms with E-state index in [1.807, 2.05) is 43.5 Å². The molecule has 8 heteroatoms. The molecule has 1 N–H and O–H groups in total. The Bertz CT molecular complexity index is 943. The molecule has 2 aromatic rings. The van der Waals surface area contributed by atoms with Crippen molar-refractivity contribution in [1.29, 1.82) is 0 Å². The van der Waals surface area contributed by atoms with Crippen LogP contribution in [-0.4, -0.2) is 39.7 Å². The van der Waals surface area contributed by atoms with Crippen LogP contribution in [0.3, 0.4) is 0 Å². The van der Waals surface area contributed by atoms with Crippen LogP contribution in [0.4, 0.5) is 10.5 Å². The summed E-state index contributed by atoms with van der Waals surface area (Å²) in [6.07, 6.45) is 3.51. The summed E-state index contributed by atoms with van der Waals surface area (Å²) in [5.41, 5.74) is 2.03. The molecule has 0 bridgehead atoms. The first-order chi connectivity index (χ1) is 13.0. The number of nitrogens with zero attached hydrogens (tertiary/aromatic N) is 2. The summed E-state index contributed by atoms with van der Waals surface area (Å²) in [5.74, 6) is -0.910. The monoisotopic (exact) mass is 399 g/mol. The van der Waals surface area contributed by atoms with Gasteiger partial charge in [0.15, 0.2) is 0 Å². The molecule has 0 unspecified atom stereocenters. The van der Waals surface area contributed by atoms with E-state index >= 15 is 0 Å². The number of benzene rings is 1. The van der Waals surface area contributed by atoms with Gasteiger partial charge in [0.1, 0.15) is 6.54 Å². The highest BCUT2D eigenvalue weighted by atomic mass is 32.2. The fourth-order valence-electron chi connectivity index (χ4n) is 2.46. The summed E-state index contributed by atoms with van der Waals surface area (Å²) in [7, 11) is 0. The summed E-state index contributed by atoms with van der Waals surface area (Å²) in [4.78, 5) is 43.4. The lowest BCUT2D eigenvalue weighted by molar-refractivity contribution is -0.127. The highest BCUT2D eigenvalue weighted by Crippen LogP contribution is 2.31. The molecular weight excluding hydrogens is 382 g/mol. The van der Waals surface area contributed by atoms with E-state index in [9.17, 15) is 14.4 Å². The normalized spacial score (nSPS) is 15.5. The Balaban J connectivity index is 1.69. The third-order valence-corrected chi connectivity index (χ3v) is 5.35. The van der Waals surface area contributed by atoms with Crippen LogP contribution < -0.4 is 5.32 Å². The molecule has 2 heterocycles. The number of thioether (sulfide) groups is 2. The fourth-order valence-corrected chi connectivity index (χ4v) is 3.74. The lowest BCUT2D eigenvalue weighted by Crippen LogP contribution is -2.36. The second-order valence-electron chi connectivity index (χ2n) is 5.75. The van der Waals surface area contributed by atoms with E-state index in [0.717, 1.165) is 27.3 Å². The van der Waals surface area contributed by atoms with Crippen LogP contribution in [0.5, 0.6) is 0 Å². The second-order valence-corrected chi connectivity index (χ2v) is 7.62. The maximum atomic E-state index is 12.5. The van der Waals surface area contributed by atoms with Gasteiger partial charge in [0.2, 0.25) is 5.91 Å². The van der Waals surface area contributed by atoms with Crippen molar-refractivity contribution in [2.45, 2.75) is 11.8 Å². The van der Waals surface area contributed by atoms with Crippen molar-refractivity contribution < 1.29 is 14.4 Å². The zero-order chi connectivity index (χ0) is 19.4. The molecule has 3 rings (SSSR count). The minimum Gasteiger partial charge on any atom is -0.324 e. The molecule has 1 saturated heterocycles. The summed E-state index contributed by atoms with van der Waals surface area (Å²) in [6.45, 7) is 1.52. The van der Waals surface area contributed by atoms with Crippen molar-refractivity contribution in [3.8, 4) is 0 Å². The lowest BCUT2D eigenvalue weighted by atomic mass is 10.3. The van der Waals surface area contributed by atoms with Gasteiger partial charge in [0, 0.05) is 16.3 Å². The van der Waals surface area contributed by atoms with E-state index in [2.05, 4.69) is 10.3 Å². The first-order valence-corrected chi connectivity index (χ1v) is 10.1. The molecule has 0 spiro atoms. The van der Waals surface area contributed by atoms with Gasteiger partial charge in [-0.1, -0.05) is 12.1 Å². The number of rotatable bonds is 5. The Morgan fingerprint density at radius 3 is 2.78 bits per heavy atom. The summed E-state index contributed by atoms with van der Waals surface area (Å²) >= 11 is 2.37. The van der Waals surface area contributed by atoms with E-state index in [4.69, 9.17) is 0 Å². The average Bonchev–Trinajstić information content (AvgIpc) is 2.89. The Morgan fingerprint density at radius 2 is 2.04 bits per heavy atom. The Hall–Kier alpha value is -2.58. The first-order valence-electron chi connectivity index (χ1n) is 8.09. The van der Waals surface area contributed by atoms with Gasteiger partial charge in [-0.15, -0.1) is 11.8 Å². The molecule has 3 amide bonds. The maximum Gasteiger partial charge on any atom is 0.294 e. The lowest BCUT2D eigenvalue weighted by Gasteiger charge is -2.12. The van der Waals surface area contributed by atoms with Gasteiger partial charge in [-0.05, 0) is 61.3 Å². The van der Waals surface area contributed by atoms with E-state index in [1.165, 1.54) is 0 Å². The van der Waals surface area contributed by atoms with Crippen LogP contribution in [0.25, 0.3) is 6.08 Å². The molecule has 0 atom stereocenters. The molecule has 138 valence electrons. The minimum absolute atomic E-state index is 0.260. The first kappa shape index (κ1) is 19.2. The quantitative estimate of drug-likeness (QED) is 0.609. The van der Waals surface area contributed by atoms with Crippen molar-refractivity contribution in [2.24, 2.45) is 0 Å². The van der Waals surface area contributed by atoms with Crippen LogP contribution in [0.2, 0.25) is 0 Å². The van der Waals surface area contributed by atoms with Gasteiger partial charge in [-0.25, -0.2) is 0 Å². The number of hydrogen-bond donors (Lipinski definition) is 1. The minimum atomic E-state index is -0.485. The van der Waals surface area contributed by atoms with Gasteiger partial charge < -0.3 is 5.32 Å². The van der Waals surface area contributed by atoms with Crippen molar-refractivity contribution in [1.82, 2.24) is 9.88 Å². The van der Waals surface area contributed by atoms with Gasteiger partial charge in [0.25, 0.3) is 11.1 Å². The molecule has 0 radical (unpaired) electrons. The van der Waals surface area contributed by atoms with Crippen molar-refractivity contribution in [2.75, 3.05) is 18.1 Å². The molecule has 1 aliphatic heterocycles. The van der Waals surface area contributed by atoms with Crippen molar-refractivity contribution in [3.05, 3.63) is 58.8 Å². The summed E-state index contributed by atoms with van der Waals surface area (Å²) in [6, 6.07) is 12.8. The average molecular weight is 399 g/mol. The van der Waals surface area contributed by atoms with Crippen LogP contribution in [0.1, 0.15) is 11.4 Å². The number of carbonyl (C=O) groups is 3. The molecular formula is C19H17N3O3S2. The van der Waals surface area contributed by atoms with Gasteiger partial charge in [-0.3, -0.25) is 24.3 Å². The number of anilines is 1. The van der Waals surface area contributed by atoms with Crippen LogP contribution >= 0.6 is 23.5 Å². The topological polar surface area (TPSA) is 79.4 Å². The van der Waals surface area contributed by atoms with Crippen molar-refractivity contribution >= 4 is 52.3 Å². The molecule has 0 aliphatic carbocycles. The van der Waals surface area contributed by atoms with E-state index in [1.54, 1.807) is 30.0 Å². The SMILES string of the molecule is CSc1cccc(NC(=O)CN2C(=O)S/C(=C/c3cccc(C)n3)C2=O)c1. The number of imide groups is 1. The van der Waals surface area contributed by atoms with E-state index in [-0.39, 0.29) is 11.4 Å². The largest absolute Gasteiger partial charge is 0.324 e. The molecule has 1 aromatic heterocycles. The molecule has 27 heavy (non-hydrogen) atoms. The predicted molar refractivity (Wildman–Crippen MR) is 109 cm³/mol. The smallest absolute Gasteiger partial charge is 0.294 e. The molecule has 6 nitrogen and oxygen atoms in total. The standard InChI is InChI=1S/C19H17N3O3S2/c1-12-5-3-6-14(20-12)10-16-18(24)22(19(25)27-16)11-17(23)21-13-7-4-8-15(9-13)26-2/h3-10H,11H2,1-2H3,(H,21,23)/b16-10+. The third kappa shape index (κ3) is 4.78. The number of pyridine rings is 1.